The standard InChI is InChI=1S/C30H29ClO2S/c1-22(6-7-23-8-10-25(11-9-23)24-4-3-5-26(31)13-12-24)33-28-16-20-30(21-17-28)34-29-18-14-27(32-2)15-19-29/h3-4,8-22H,5-7H2,1-2H3. The van der Waals surface area contributed by atoms with Crippen LogP contribution in [0, 0.1) is 0 Å². The number of hydrogen-bond donors (Lipinski definition) is 0. The molecule has 1 atom stereocenters. The Labute approximate surface area is 212 Å². The van der Waals surface area contributed by atoms with Gasteiger partial charge in [-0.2, -0.15) is 0 Å². The molecule has 1 aliphatic rings. The van der Waals surface area contributed by atoms with Crippen LogP contribution in [0.4, 0.5) is 0 Å². The van der Waals surface area contributed by atoms with E-state index in [1.165, 1.54) is 26.5 Å². The minimum absolute atomic E-state index is 0.138. The van der Waals surface area contributed by atoms with Gasteiger partial charge < -0.3 is 9.47 Å². The Bertz CT molecular complexity index is 1160. The Morgan fingerprint density at radius 1 is 0.853 bits per heavy atom. The lowest BCUT2D eigenvalue weighted by Crippen LogP contribution is -2.12. The predicted molar refractivity (Wildman–Crippen MR) is 144 cm³/mol. The highest BCUT2D eigenvalue weighted by molar-refractivity contribution is 7.99. The van der Waals surface area contributed by atoms with Gasteiger partial charge >= 0.3 is 0 Å². The molecule has 0 N–H and O–H groups in total. The molecular weight excluding hydrogens is 460 g/mol. The molecule has 174 valence electrons. The number of halogens is 1. The number of methoxy groups -OCH3 is 1. The lowest BCUT2D eigenvalue weighted by molar-refractivity contribution is 0.211. The van der Waals surface area contributed by atoms with Crippen molar-refractivity contribution in [1.29, 1.82) is 0 Å². The van der Waals surface area contributed by atoms with Crippen molar-refractivity contribution in [3.05, 3.63) is 113 Å². The third-order valence-electron chi connectivity index (χ3n) is 5.64. The zero-order valence-electron chi connectivity index (χ0n) is 19.5. The highest BCUT2D eigenvalue weighted by Crippen LogP contribution is 2.30. The van der Waals surface area contributed by atoms with Gasteiger partial charge in [0.25, 0.3) is 0 Å². The summed E-state index contributed by atoms with van der Waals surface area (Å²) in [5.74, 6) is 1.77. The fraction of sp³-hybridized carbons (Fsp3) is 0.200. The Morgan fingerprint density at radius 2 is 1.50 bits per heavy atom. The van der Waals surface area contributed by atoms with Crippen LogP contribution in [0.2, 0.25) is 0 Å². The maximum absolute atomic E-state index is 6.15. The zero-order chi connectivity index (χ0) is 23.8. The van der Waals surface area contributed by atoms with Crippen molar-refractivity contribution in [2.24, 2.45) is 0 Å². The molecule has 0 saturated carbocycles. The van der Waals surface area contributed by atoms with E-state index in [1.54, 1.807) is 18.9 Å². The monoisotopic (exact) mass is 488 g/mol. The van der Waals surface area contributed by atoms with E-state index in [-0.39, 0.29) is 6.10 Å². The van der Waals surface area contributed by atoms with Gasteiger partial charge in [-0.1, -0.05) is 65.9 Å². The molecule has 1 unspecified atom stereocenters. The first-order valence-electron chi connectivity index (χ1n) is 11.5. The topological polar surface area (TPSA) is 18.5 Å². The van der Waals surface area contributed by atoms with Crippen LogP contribution < -0.4 is 9.47 Å². The summed E-state index contributed by atoms with van der Waals surface area (Å²) < 4.78 is 11.4. The van der Waals surface area contributed by atoms with Crippen molar-refractivity contribution in [2.45, 2.75) is 42.1 Å². The van der Waals surface area contributed by atoms with Crippen molar-refractivity contribution in [2.75, 3.05) is 7.11 Å². The van der Waals surface area contributed by atoms with Crippen LogP contribution in [-0.4, -0.2) is 13.2 Å². The van der Waals surface area contributed by atoms with E-state index in [0.717, 1.165) is 35.8 Å². The average molecular weight is 489 g/mol. The maximum Gasteiger partial charge on any atom is 0.119 e. The third-order valence-corrected chi connectivity index (χ3v) is 6.93. The van der Waals surface area contributed by atoms with Crippen molar-refractivity contribution in [3.8, 4) is 11.5 Å². The lowest BCUT2D eigenvalue weighted by atomic mass is 10.0. The molecule has 4 heteroatoms. The summed E-state index contributed by atoms with van der Waals surface area (Å²) in [5.41, 5.74) is 3.71. The highest BCUT2D eigenvalue weighted by atomic mass is 35.5. The first-order chi connectivity index (χ1) is 16.6. The van der Waals surface area contributed by atoms with Gasteiger partial charge in [0.15, 0.2) is 0 Å². The minimum atomic E-state index is 0.138. The second-order valence-electron chi connectivity index (χ2n) is 8.26. The molecule has 0 bridgehead atoms. The van der Waals surface area contributed by atoms with Crippen LogP contribution in [0.1, 0.15) is 30.9 Å². The third kappa shape index (κ3) is 7.06. The number of benzene rings is 3. The molecular formula is C30H29ClO2S. The average Bonchev–Trinajstić information content (AvgIpc) is 3.09. The number of aryl methyl sites for hydroxylation is 1. The van der Waals surface area contributed by atoms with Gasteiger partial charge in [-0.05, 0) is 91.1 Å². The van der Waals surface area contributed by atoms with E-state index in [0.29, 0.717) is 0 Å². The smallest absolute Gasteiger partial charge is 0.119 e. The molecule has 0 radical (unpaired) electrons. The molecule has 0 fully saturated rings. The molecule has 3 aromatic rings. The summed E-state index contributed by atoms with van der Waals surface area (Å²) >= 11 is 7.85. The fourth-order valence-electron chi connectivity index (χ4n) is 3.69. The van der Waals surface area contributed by atoms with Crippen LogP contribution >= 0.6 is 23.4 Å². The molecule has 0 spiro atoms. The number of rotatable bonds is 9. The van der Waals surface area contributed by atoms with Crippen molar-refractivity contribution < 1.29 is 9.47 Å². The zero-order valence-corrected chi connectivity index (χ0v) is 21.1. The van der Waals surface area contributed by atoms with Crippen LogP contribution in [0.15, 0.2) is 112 Å². The summed E-state index contributed by atoms with van der Waals surface area (Å²) in [6, 6.07) is 25.2. The molecule has 0 aromatic heterocycles. The van der Waals surface area contributed by atoms with Gasteiger partial charge in [0, 0.05) is 21.2 Å². The fourth-order valence-corrected chi connectivity index (χ4v) is 4.65. The van der Waals surface area contributed by atoms with Gasteiger partial charge in [0.2, 0.25) is 0 Å². The Kier molecular flexibility index (Phi) is 8.56. The molecule has 34 heavy (non-hydrogen) atoms. The second kappa shape index (κ2) is 12.0. The van der Waals surface area contributed by atoms with Gasteiger partial charge in [-0.15, -0.1) is 0 Å². The highest BCUT2D eigenvalue weighted by Gasteiger charge is 2.07. The van der Waals surface area contributed by atoms with Gasteiger partial charge in [-0.3, -0.25) is 0 Å². The number of hydrogen-bond acceptors (Lipinski definition) is 3. The molecule has 0 amide bonds. The molecule has 0 aliphatic heterocycles. The van der Waals surface area contributed by atoms with Crippen LogP contribution in [0.3, 0.4) is 0 Å². The molecule has 0 heterocycles. The van der Waals surface area contributed by atoms with E-state index in [9.17, 15) is 0 Å². The van der Waals surface area contributed by atoms with E-state index < -0.39 is 0 Å². The van der Waals surface area contributed by atoms with E-state index >= 15 is 0 Å². The molecule has 1 aliphatic carbocycles. The number of allylic oxidation sites excluding steroid dienone is 6. The van der Waals surface area contributed by atoms with Gasteiger partial charge in [0.05, 0.1) is 13.2 Å². The lowest BCUT2D eigenvalue weighted by Gasteiger charge is -2.15. The summed E-state index contributed by atoms with van der Waals surface area (Å²) in [5, 5.41) is 0.863. The number of ether oxygens (including phenoxy) is 2. The van der Waals surface area contributed by atoms with Crippen LogP contribution in [-0.2, 0) is 6.42 Å². The van der Waals surface area contributed by atoms with Gasteiger partial charge in [0.1, 0.15) is 11.5 Å². The maximum atomic E-state index is 6.15. The Hall–Kier alpha value is -2.88. The van der Waals surface area contributed by atoms with Crippen LogP contribution in [0.5, 0.6) is 11.5 Å². The minimum Gasteiger partial charge on any atom is -0.497 e. The predicted octanol–water partition coefficient (Wildman–Crippen LogP) is 8.71. The summed E-state index contributed by atoms with van der Waals surface area (Å²) in [6.45, 7) is 2.13. The van der Waals surface area contributed by atoms with E-state index in [2.05, 4.69) is 73.7 Å². The van der Waals surface area contributed by atoms with E-state index in [4.69, 9.17) is 21.1 Å². The normalized spacial score (nSPS) is 14.1. The van der Waals surface area contributed by atoms with Crippen LogP contribution in [0.25, 0.3) is 5.57 Å². The molecule has 0 saturated heterocycles. The largest absolute Gasteiger partial charge is 0.497 e. The van der Waals surface area contributed by atoms with Gasteiger partial charge in [-0.25, -0.2) is 0 Å². The van der Waals surface area contributed by atoms with Crippen molar-refractivity contribution in [1.82, 2.24) is 0 Å². The second-order valence-corrected chi connectivity index (χ2v) is 9.89. The molecule has 2 nitrogen and oxygen atoms in total. The summed E-state index contributed by atoms with van der Waals surface area (Å²) in [7, 11) is 1.68. The summed E-state index contributed by atoms with van der Waals surface area (Å²) in [6.07, 6.45) is 11.2. The molecule has 3 aromatic carbocycles. The van der Waals surface area contributed by atoms with Crippen molar-refractivity contribution >= 4 is 28.9 Å². The Morgan fingerprint density at radius 3 is 2.15 bits per heavy atom. The first kappa shape index (κ1) is 24.3. The van der Waals surface area contributed by atoms with Crippen molar-refractivity contribution in [3.63, 3.8) is 0 Å². The Balaban J connectivity index is 1.26. The first-order valence-corrected chi connectivity index (χ1v) is 12.7. The quantitative estimate of drug-likeness (QED) is 0.300. The molecule has 4 rings (SSSR count). The summed E-state index contributed by atoms with van der Waals surface area (Å²) in [4.78, 5) is 2.36. The van der Waals surface area contributed by atoms with E-state index in [1.807, 2.05) is 30.3 Å². The SMILES string of the molecule is COc1ccc(Sc2ccc(OC(C)CCc3ccc(C4=CC=C(Cl)CC=C4)cc3)cc2)cc1.